The lowest BCUT2D eigenvalue weighted by Crippen LogP contribution is -2.69. The van der Waals surface area contributed by atoms with Crippen molar-refractivity contribution in [1.29, 1.82) is 5.26 Å². The number of esters is 2. The number of nitriles is 1. The number of fused-ring (bicyclic) bond motifs is 9. The molecule has 2 aromatic carbocycles. The second-order valence-corrected chi connectivity index (χ2v) is 16.9. The van der Waals surface area contributed by atoms with Gasteiger partial charge in [0.2, 0.25) is 6.79 Å². The van der Waals surface area contributed by atoms with Crippen LogP contribution in [0, 0.1) is 25.2 Å². The first-order valence-electron chi connectivity index (χ1n) is 18.9. The van der Waals surface area contributed by atoms with Gasteiger partial charge in [-0.1, -0.05) is 6.07 Å². The van der Waals surface area contributed by atoms with Gasteiger partial charge in [0.1, 0.15) is 30.0 Å². The fraction of sp³-hybridized carbons (Fsp3) is 0.600. The van der Waals surface area contributed by atoms with Crippen LogP contribution >= 0.6 is 11.8 Å². The van der Waals surface area contributed by atoms with Crippen LogP contribution in [-0.4, -0.2) is 118 Å². The van der Waals surface area contributed by atoms with Gasteiger partial charge in [0.15, 0.2) is 29.8 Å². The summed E-state index contributed by atoms with van der Waals surface area (Å²) in [7, 11) is 5.21. The molecule has 16 nitrogen and oxygen atoms in total. The number of carbonyl (C=O) groups excluding carboxylic acids is 3. The van der Waals surface area contributed by atoms with Gasteiger partial charge in [-0.05, 0) is 59.2 Å². The maximum Gasteiger partial charge on any atom is 0.408 e. The number of alkyl carbamates (subject to hydrolysis) is 1. The number of hydrogen-bond donors (Lipinski definition) is 1. The molecule has 5 aliphatic rings. The van der Waals surface area contributed by atoms with Gasteiger partial charge >= 0.3 is 18.0 Å². The lowest BCUT2D eigenvalue weighted by Gasteiger charge is -2.61. The first kappa shape index (κ1) is 40.7. The average Bonchev–Trinajstić information content (AvgIpc) is 3.63. The molecule has 0 saturated carbocycles. The standard InChI is InChI=1S/C40H50N4O12S/c1-19-12-22-13-24-25(14-41)44-26-15-51-38(46)23(42-39(47)56-40(4,5)6)16-57-37(29-28(26)36-34(53-18-54-36)20(2)33(29)55-21(3)45)31(44)30(43(24)7)27(22)35(32(19)49-9)52-17-50-11-10-48-8/h12,23-26,30-31,37H,10-11,13,15-18H2,1-9H3,(H,42,47)/t23-,24-,25-,26-,30+,31?,37+/m0/s1. The predicted octanol–water partition coefficient (Wildman–Crippen LogP) is 4.42. The molecule has 5 heterocycles. The smallest absolute Gasteiger partial charge is 0.408 e. The van der Waals surface area contributed by atoms with Crippen LogP contribution in [0.1, 0.15) is 78.4 Å². The van der Waals surface area contributed by atoms with Crippen molar-refractivity contribution < 1.29 is 57.0 Å². The predicted molar refractivity (Wildman–Crippen MR) is 205 cm³/mol. The van der Waals surface area contributed by atoms with Gasteiger partial charge in [0, 0.05) is 54.1 Å². The van der Waals surface area contributed by atoms with Crippen molar-refractivity contribution in [2.24, 2.45) is 0 Å². The molecular weight excluding hydrogens is 761 g/mol. The van der Waals surface area contributed by atoms with Gasteiger partial charge in [-0.25, -0.2) is 9.59 Å². The lowest BCUT2D eigenvalue weighted by molar-refractivity contribution is -0.151. The van der Waals surface area contributed by atoms with Crippen LogP contribution < -0.4 is 29.0 Å². The maximum atomic E-state index is 13.9. The SMILES string of the molecule is COCCOCOc1c(OC)c(C)cc2c1[C@@H]1C3[C@@H]4SC[C@H](NC(=O)OC(C)(C)C)C(=O)OC[C@@H](c5c6c(c(C)c(OC(C)=O)c54)OCO6)N3[C@@H](C#N)[C@H](C2)N1C. The van der Waals surface area contributed by atoms with E-state index in [-0.39, 0.29) is 32.0 Å². The highest BCUT2D eigenvalue weighted by atomic mass is 32.2. The third kappa shape index (κ3) is 7.31. The zero-order chi connectivity index (χ0) is 40.9. The number of likely N-dealkylation sites (N-methyl/N-ethyl adjacent to an activating group) is 1. The molecule has 0 aromatic heterocycles. The van der Waals surface area contributed by atoms with Crippen LogP contribution in [0.15, 0.2) is 6.07 Å². The highest BCUT2D eigenvalue weighted by Crippen LogP contribution is 2.64. The summed E-state index contributed by atoms with van der Waals surface area (Å²) >= 11 is 1.39. The van der Waals surface area contributed by atoms with Crippen molar-refractivity contribution in [1.82, 2.24) is 15.1 Å². The number of piperazine rings is 1. The van der Waals surface area contributed by atoms with Crippen LogP contribution in [0.3, 0.4) is 0 Å². The number of benzene rings is 2. The van der Waals surface area contributed by atoms with E-state index in [1.807, 2.05) is 20.9 Å². The molecule has 308 valence electrons. The number of hydrogen-bond acceptors (Lipinski definition) is 16. The number of methoxy groups -OCH3 is 2. The molecule has 2 aromatic rings. The van der Waals surface area contributed by atoms with Crippen LogP contribution in [0.25, 0.3) is 0 Å². The molecule has 0 spiro atoms. The molecule has 1 N–H and O–H groups in total. The van der Waals surface area contributed by atoms with E-state index in [1.54, 1.807) is 35.0 Å². The summed E-state index contributed by atoms with van der Waals surface area (Å²) in [5, 5.41) is 13.3. The second kappa shape index (κ2) is 16.1. The van der Waals surface area contributed by atoms with Gasteiger partial charge in [-0.15, -0.1) is 11.8 Å². The zero-order valence-corrected chi connectivity index (χ0v) is 34.5. The summed E-state index contributed by atoms with van der Waals surface area (Å²) in [5.74, 6) is 1.11. The zero-order valence-electron chi connectivity index (χ0n) is 33.7. The normalized spacial score (nSPS) is 26.2. The van der Waals surface area contributed by atoms with E-state index in [9.17, 15) is 19.6 Å². The molecule has 2 fully saturated rings. The molecule has 7 atom stereocenters. The minimum Gasteiger partial charge on any atom is -0.493 e. The summed E-state index contributed by atoms with van der Waals surface area (Å²) in [6.07, 6.45) is -0.254. The van der Waals surface area contributed by atoms with E-state index < -0.39 is 59.1 Å². The molecule has 0 aliphatic carbocycles. The number of thioether (sulfide) groups is 1. The Morgan fingerprint density at radius 2 is 1.81 bits per heavy atom. The first-order chi connectivity index (χ1) is 27.2. The molecule has 17 heteroatoms. The fourth-order valence-electron chi connectivity index (χ4n) is 8.94. The Kier molecular flexibility index (Phi) is 11.5. The van der Waals surface area contributed by atoms with Crippen LogP contribution in [0.4, 0.5) is 4.79 Å². The number of rotatable bonds is 9. The van der Waals surface area contributed by atoms with Gasteiger partial charge in [0.05, 0.1) is 43.7 Å². The van der Waals surface area contributed by atoms with E-state index in [1.165, 1.54) is 18.7 Å². The van der Waals surface area contributed by atoms with Crippen molar-refractivity contribution in [3.63, 3.8) is 0 Å². The van der Waals surface area contributed by atoms with E-state index >= 15 is 0 Å². The Bertz CT molecular complexity index is 1980. The number of cyclic esters (lactones) is 1. The number of nitrogens with one attached hydrogen (secondary N) is 1. The lowest BCUT2D eigenvalue weighted by atomic mass is 9.71. The van der Waals surface area contributed by atoms with Gasteiger partial charge < -0.3 is 47.9 Å². The number of ether oxygens (including phenoxy) is 9. The van der Waals surface area contributed by atoms with E-state index in [0.717, 1.165) is 16.7 Å². The number of nitrogens with zero attached hydrogens (tertiary/aromatic N) is 3. The minimum absolute atomic E-state index is 0.0437. The van der Waals surface area contributed by atoms with E-state index in [4.69, 9.17) is 42.6 Å². The summed E-state index contributed by atoms with van der Waals surface area (Å²) in [6, 6.07) is 0.905. The average molecular weight is 811 g/mol. The molecule has 0 radical (unpaired) electrons. The molecule has 4 bridgehead atoms. The molecule has 5 aliphatic heterocycles. The van der Waals surface area contributed by atoms with Gasteiger partial charge in [-0.3, -0.25) is 14.6 Å². The maximum absolute atomic E-state index is 13.9. The highest BCUT2D eigenvalue weighted by Gasteiger charge is 2.61. The quantitative estimate of drug-likeness (QED) is 0.163. The van der Waals surface area contributed by atoms with Gasteiger partial charge in [0.25, 0.3) is 0 Å². The van der Waals surface area contributed by atoms with Crippen molar-refractivity contribution in [3.8, 4) is 34.8 Å². The molecular formula is C40H50N4O12S. The summed E-state index contributed by atoms with van der Waals surface area (Å²) in [5.41, 5.74) is 3.79. The largest absolute Gasteiger partial charge is 0.493 e. The number of carbonyl (C=O) groups is 3. The Morgan fingerprint density at radius 3 is 2.49 bits per heavy atom. The third-order valence-electron chi connectivity index (χ3n) is 11.0. The Morgan fingerprint density at radius 1 is 1.05 bits per heavy atom. The van der Waals surface area contributed by atoms with Crippen LogP contribution in [0.2, 0.25) is 0 Å². The monoisotopic (exact) mass is 810 g/mol. The summed E-state index contributed by atoms with van der Waals surface area (Å²) in [6.45, 7) is 10.7. The third-order valence-corrected chi connectivity index (χ3v) is 12.4. The Labute approximate surface area is 336 Å². The Hall–Kier alpha value is -4.47. The van der Waals surface area contributed by atoms with Gasteiger partial charge in [-0.2, -0.15) is 5.26 Å². The summed E-state index contributed by atoms with van der Waals surface area (Å²) in [4.78, 5) is 44.3. The van der Waals surface area contributed by atoms with E-state index in [2.05, 4.69) is 27.3 Å². The fourth-order valence-corrected chi connectivity index (χ4v) is 10.4. The number of aryl methyl sites for hydroxylation is 1. The Balaban J connectivity index is 1.46. The van der Waals surface area contributed by atoms with Crippen molar-refractivity contribution >= 4 is 29.8 Å². The highest BCUT2D eigenvalue weighted by molar-refractivity contribution is 7.99. The van der Waals surface area contributed by atoms with Crippen LogP contribution in [0.5, 0.6) is 28.7 Å². The van der Waals surface area contributed by atoms with E-state index in [0.29, 0.717) is 65.1 Å². The number of amides is 1. The van der Waals surface area contributed by atoms with Crippen LogP contribution in [-0.2, 0) is 35.0 Å². The summed E-state index contributed by atoms with van der Waals surface area (Å²) < 4.78 is 53.4. The molecule has 1 amide bonds. The molecule has 2 saturated heterocycles. The molecule has 7 rings (SSSR count). The molecule has 1 unspecified atom stereocenters. The van der Waals surface area contributed by atoms with Crippen molar-refractivity contribution in [3.05, 3.63) is 39.4 Å². The van der Waals surface area contributed by atoms with Crippen molar-refractivity contribution in [2.75, 3.05) is 60.4 Å². The second-order valence-electron chi connectivity index (χ2n) is 15.7. The topological polar surface area (TPSA) is 177 Å². The van der Waals surface area contributed by atoms with Crippen molar-refractivity contribution in [2.45, 2.75) is 95.1 Å². The minimum atomic E-state index is -1.10. The first-order valence-corrected chi connectivity index (χ1v) is 20.0. The molecule has 57 heavy (non-hydrogen) atoms.